The lowest BCUT2D eigenvalue weighted by atomic mass is 9.94. The highest BCUT2D eigenvalue weighted by Gasteiger charge is 2.29. The number of hydrogen-bond acceptors (Lipinski definition) is 3. The molecular weight excluding hydrogens is 284 g/mol. The van der Waals surface area contributed by atoms with E-state index in [1.54, 1.807) is 0 Å². The van der Waals surface area contributed by atoms with E-state index in [9.17, 15) is 0 Å². The lowest BCUT2D eigenvalue weighted by Crippen LogP contribution is -2.46. The standard InChI is InChI=1S/C17H27ClN2O/c1-3-16(19)17(13-6-5-7-14(18)12-13)20-10-8-15(9-11-20)21-4-2/h5-7,12,15-17H,3-4,8-11,19H2,1-2H3. The Hall–Kier alpha value is -0.610. The number of piperidine rings is 1. The van der Waals surface area contributed by atoms with Crippen molar-refractivity contribution in [2.24, 2.45) is 5.73 Å². The summed E-state index contributed by atoms with van der Waals surface area (Å²) in [5, 5.41) is 0.782. The van der Waals surface area contributed by atoms with Gasteiger partial charge < -0.3 is 10.5 Å². The number of ether oxygens (including phenoxy) is 1. The molecule has 2 unspecified atom stereocenters. The highest BCUT2D eigenvalue weighted by molar-refractivity contribution is 6.30. The number of likely N-dealkylation sites (tertiary alicyclic amines) is 1. The van der Waals surface area contributed by atoms with Crippen LogP contribution in [0.2, 0.25) is 5.02 Å². The van der Waals surface area contributed by atoms with E-state index in [4.69, 9.17) is 22.1 Å². The number of rotatable bonds is 6. The second-order valence-corrected chi connectivity index (χ2v) is 6.20. The average molecular weight is 311 g/mol. The van der Waals surface area contributed by atoms with E-state index in [2.05, 4.69) is 30.9 Å². The molecule has 2 atom stereocenters. The van der Waals surface area contributed by atoms with Crippen LogP contribution in [-0.4, -0.2) is 36.7 Å². The molecule has 0 saturated carbocycles. The summed E-state index contributed by atoms with van der Waals surface area (Å²) in [4.78, 5) is 2.50. The molecule has 2 N–H and O–H groups in total. The highest BCUT2D eigenvalue weighted by Crippen LogP contribution is 2.30. The van der Waals surface area contributed by atoms with Crippen molar-refractivity contribution in [1.82, 2.24) is 4.90 Å². The van der Waals surface area contributed by atoms with Gasteiger partial charge in [-0.3, -0.25) is 4.90 Å². The molecule has 1 saturated heterocycles. The minimum atomic E-state index is 0.132. The van der Waals surface area contributed by atoms with Crippen LogP contribution in [0.3, 0.4) is 0 Å². The van der Waals surface area contributed by atoms with Gasteiger partial charge in [0.1, 0.15) is 0 Å². The van der Waals surface area contributed by atoms with E-state index < -0.39 is 0 Å². The molecule has 0 spiro atoms. The summed E-state index contributed by atoms with van der Waals surface area (Å²) >= 11 is 6.16. The van der Waals surface area contributed by atoms with Gasteiger partial charge in [0.25, 0.3) is 0 Å². The maximum absolute atomic E-state index is 6.41. The largest absolute Gasteiger partial charge is 0.378 e. The van der Waals surface area contributed by atoms with Gasteiger partial charge in [0, 0.05) is 36.8 Å². The van der Waals surface area contributed by atoms with Crippen molar-refractivity contribution in [3.05, 3.63) is 34.9 Å². The zero-order valence-corrected chi connectivity index (χ0v) is 13.9. The molecule has 118 valence electrons. The van der Waals surface area contributed by atoms with E-state index in [1.807, 2.05) is 12.1 Å². The Morgan fingerprint density at radius 2 is 2.05 bits per heavy atom. The van der Waals surface area contributed by atoms with Gasteiger partial charge in [-0.05, 0) is 43.9 Å². The van der Waals surface area contributed by atoms with Crippen LogP contribution in [0.5, 0.6) is 0 Å². The van der Waals surface area contributed by atoms with Crippen molar-refractivity contribution in [1.29, 1.82) is 0 Å². The first kappa shape index (κ1) is 16.8. The lowest BCUT2D eigenvalue weighted by Gasteiger charge is -2.40. The van der Waals surface area contributed by atoms with Crippen molar-refractivity contribution in [2.45, 2.75) is 51.3 Å². The van der Waals surface area contributed by atoms with Gasteiger partial charge >= 0.3 is 0 Å². The molecular formula is C17H27ClN2O. The summed E-state index contributed by atoms with van der Waals surface area (Å²) < 4.78 is 5.74. The second kappa shape index (κ2) is 8.14. The number of benzene rings is 1. The number of halogens is 1. The number of nitrogens with two attached hydrogens (primary N) is 1. The van der Waals surface area contributed by atoms with Gasteiger partial charge in [-0.2, -0.15) is 0 Å². The molecule has 21 heavy (non-hydrogen) atoms. The van der Waals surface area contributed by atoms with Gasteiger partial charge in [-0.15, -0.1) is 0 Å². The molecule has 0 aromatic heterocycles. The monoisotopic (exact) mass is 310 g/mol. The van der Waals surface area contributed by atoms with E-state index in [0.717, 1.165) is 44.0 Å². The molecule has 0 amide bonds. The average Bonchev–Trinajstić information content (AvgIpc) is 2.49. The number of hydrogen-bond donors (Lipinski definition) is 1. The molecule has 0 radical (unpaired) electrons. The van der Waals surface area contributed by atoms with Crippen LogP contribution in [0.25, 0.3) is 0 Å². The molecule has 1 aromatic carbocycles. The first-order valence-corrected chi connectivity index (χ1v) is 8.40. The highest BCUT2D eigenvalue weighted by atomic mass is 35.5. The van der Waals surface area contributed by atoms with Gasteiger partial charge in [-0.25, -0.2) is 0 Å². The molecule has 0 aliphatic carbocycles. The Morgan fingerprint density at radius 1 is 1.33 bits per heavy atom. The summed E-state index contributed by atoms with van der Waals surface area (Å²) in [5.41, 5.74) is 7.64. The van der Waals surface area contributed by atoms with E-state index >= 15 is 0 Å². The normalized spacial score (nSPS) is 20.4. The van der Waals surface area contributed by atoms with E-state index in [-0.39, 0.29) is 12.1 Å². The summed E-state index contributed by atoms with van der Waals surface area (Å²) in [5.74, 6) is 0. The molecule has 1 aliphatic rings. The molecule has 2 rings (SSSR count). The van der Waals surface area contributed by atoms with Crippen LogP contribution in [0.1, 0.15) is 44.7 Å². The molecule has 1 aromatic rings. The van der Waals surface area contributed by atoms with Crippen LogP contribution < -0.4 is 5.73 Å². The Balaban J connectivity index is 2.11. The minimum absolute atomic E-state index is 0.132. The first-order chi connectivity index (χ1) is 10.2. The zero-order chi connectivity index (χ0) is 15.2. The predicted octanol–water partition coefficient (Wildman–Crippen LogP) is 3.62. The minimum Gasteiger partial charge on any atom is -0.378 e. The first-order valence-electron chi connectivity index (χ1n) is 8.02. The van der Waals surface area contributed by atoms with Gasteiger partial charge in [0.05, 0.1) is 6.10 Å². The zero-order valence-electron chi connectivity index (χ0n) is 13.1. The van der Waals surface area contributed by atoms with Crippen molar-refractivity contribution in [3.8, 4) is 0 Å². The van der Waals surface area contributed by atoms with Crippen LogP contribution in [0.4, 0.5) is 0 Å². The summed E-state index contributed by atoms with van der Waals surface area (Å²) in [6, 6.07) is 8.50. The molecule has 0 bridgehead atoms. The van der Waals surface area contributed by atoms with Crippen LogP contribution >= 0.6 is 11.6 Å². The Morgan fingerprint density at radius 3 is 2.62 bits per heavy atom. The molecule has 1 aliphatic heterocycles. The Kier molecular flexibility index (Phi) is 6.49. The third kappa shape index (κ3) is 4.43. The Labute approximate surface area is 133 Å². The van der Waals surface area contributed by atoms with Crippen molar-refractivity contribution in [2.75, 3.05) is 19.7 Å². The lowest BCUT2D eigenvalue weighted by molar-refractivity contribution is 0.000347. The topological polar surface area (TPSA) is 38.5 Å². The van der Waals surface area contributed by atoms with E-state index in [1.165, 1.54) is 5.56 Å². The van der Waals surface area contributed by atoms with E-state index in [0.29, 0.717) is 6.10 Å². The third-order valence-corrected chi connectivity index (χ3v) is 4.57. The van der Waals surface area contributed by atoms with Crippen LogP contribution in [0.15, 0.2) is 24.3 Å². The maximum Gasteiger partial charge on any atom is 0.0599 e. The Bertz CT molecular complexity index is 433. The van der Waals surface area contributed by atoms with Gasteiger partial charge in [0.15, 0.2) is 0 Å². The molecule has 1 heterocycles. The SMILES string of the molecule is CCOC1CCN(C(c2cccc(Cl)c2)C(N)CC)CC1. The fourth-order valence-electron chi connectivity index (χ4n) is 3.20. The van der Waals surface area contributed by atoms with Gasteiger partial charge in [0.2, 0.25) is 0 Å². The second-order valence-electron chi connectivity index (χ2n) is 5.76. The summed E-state index contributed by atoms with van der Waals surface area (Å²) in [6.07, 6.45) is 3.54. The third-order valence-electron chi connectivity index (χ3n) is 4.34. The molecule has 1 fully saturated rings. The van der Waals surface area contributed by atoms with Crippen molar-refractivity contribution < 1.29 is 4.74 Å². The van der Waals surface area contributed by atoms with Crippen molar-refractivity contribution >= 4 is 11.6 Å². The van der Waals surface area contributed by atoms with Crippen LogP contribution in [0, 0.1) is 0 Å². The molecule has 3 nitrogen and oxygen atoms in total. The fraction of sp³-hybridized carbons (Fsp3) is 0.647. The fourth-order valence-corrected chi connectivity index (χ4v) is 3.40. The summed E-state index contributed by atoms with van der Waals surface area (Å²) in [6.45, 7) is 7.09. The maximum atomic E-state index is 6.41. The number of nitrogens with zero attached hydrogens (tertiary/aromatic N) is 1. The predicted molar refractivity (Wildman–Crippen MR) is 88.7 cm³/mol. The smallest absolute Gasteiger partial charge is 0.0599 e. The van der Waals surface area contributed by atoms with Gasteiger partial charge in [-0.1, -0.05) is 30.7 Å². The van der Waals surface area contributed by atoms with Crippen LogP contribution in [-0.2, 0) is 4.74 Å². The quantitative estimate of drug-likeness (QED) is 0.872. The molecule has 4 heteroatoms. The van der Waals surface area contributed by atoms with Crippen molar-refractivity contribution in [3.63, 3.8) is 0 Å². The summed E-state index contributed by atoms with van der Waals surface area (Å²) in [7, 11) is 0.